The van der Waals surface area contributed by atoms with Gasteiger partial charge in [-0.25, -0.2) is 4.70 Å². The zero-order valence-electron chi connectivity index (χ0n) is 36.1. The van der Waals surface area contributed by atoms with Crippen LogP contribution in [0.4, 0.5) is 0 Å². The monoisotopic (exact) mass is 783 g/mol. The number of aryl methyl sites for hydroxylation is 2. The number of nitrogens with zero attached hydrogens (tertiary/aromatic N) is 2. The number of allylic oxidation sites excluding steroid dienone is 2. The molecule has 0 N–H and O–H groups in total. The molecule has 308 valence electrons. The molecule has 1 heterocycles. The Morgan fingerprint density at radius 3 is 1.26 bits per heavy atom. The van der Waals surface area contributed by atoms with Gasteiger partial charge in [-0.05, 0) is 68.0 Å². The van der Waals surface area contributed by atoms with Crippen LogP contribution in [0, 0.1) is 0 Å². The predicted octanol–water partition coefficient (Wildman–Crippen LogP) is 17.7. The van der Waals surface area contributed by atoms with Crippen molar-refractivity contribution in [3.8, 4) is 0 Å². The summed E-state index contributed by atoms with van der Waals surface area (Å²) >= 11 is 2.03. The minimum atomic E-state index is 0.861. The third-order valence-electron chi connectivity index (χ3n) is 10.9. The molecule has 2 nitrogen and oxygen atoms in total. The minimum Gasteiger partial charge on any atom is -0.493 e. The molecular formula is C51H84N2Ni. The van der Waals surface area contributed by atoms with Gasteiger partial charge in [0.25, 0.3) is 0 Å². The van der Waals surface area contributed by atoms with Gasteiger partial charge in [-0.15, -0.1) is 0 Å². The number of benzene rings is 2. The summed E-state index contributed by atoms with van der Waals surface area (Å²) < 4.78 is 1.37. The van der Waals surface area contributed by atoms with E-state index in [1.165, 1.54) is 194 Å². The van der Waals surface area contributed by atoms with E-state index in [9.17, 15) is 5.53 Å². The fourth-order valence-electron chi connectivity index (χ4n) is 7.42. The van der Waals surface area contributed by atoms with E-state index in [2.05, 4.69) is 89.2 Å². The molecular weight excluding hydrogens is 699 g/mol. The Morgan fingerprint density at radius 2 is 0.833 bits per heavy atom. The van der Waals surface area contributed by atoms with Gasteiger partial charge in [-0.3, -0.25) is 0 Å². The van der Waals surface area contributed by atoms with Crippen LogP contribution in [0.25, 0.3) is 16.9 Å². The van der Waals surface area contributed by atoms with Crippen LogP contribution in [0.3, 0.4) is 0 Å². The van der Waals surface area contributed by atoms with Crippen molar-refractivity contribution in [1.82, 2.24) is 0 Å². The zero-order valence-corrected chi connectivity index (χ0v) is 37.1. The van der Waals surface area contributed by atoms with Crippen LogP contribution in [0.5, 0.6) is 0 Å². The van der Waals surface area contributed by atoms with Crippen molar-refractivity contribution >= 4 is 11.4 Å². The molecule has 1 aliphatic rings. The smallest absolute Gasteiger partial charge is 0.493 e. The van der Waals surface area contributed by atoms with Crippen LogP contribution >= 0.6 is 0 Å². The predicted molar refractivity (Wildman–Crippen MR) is 237 cm³/mol. The van der Waals surface area contributed by atoms with E-state index in [0.29, 0.717) is 0 Å². The van der Waals surface area contributed by atoms with E-state index in [1.54, 1.807) is 0 Å². The average molecular weight is 784 g/mol. The maximum absolute atomic E-state index is 11.0. The first-order chi connectivity index (χ1) is 26.5. The second kappa shape index (κ2) is 33.2. The molecule has 0 saturated heterocycles. The molecule has 0 saturated carbocycles. The van der Waals surface area contributed by atoms with Crippen LogP contribution in [0.15, 0.2) is 60.2 Å². The molecule has 2 aromatic rings. The normalized spacial score (nSPS) is 12.8. The molecule has 2 aromatic carbocycles. The maximum atomic E-state index is 11.0. The zero-order chi connectivity index (χ0) is 38.9. The topological polar surface area (TPSA) is 25.3 Å². The molecule has 0 unspecified atom stereocenters. The Bertz CT molecular complexity index is 1270. The summed E-state index contributed by atoms with van der Waals surface area (Å²) in [5.74, 6) is 0. The van der Waals surface area contributed by atoms with Crippen LogP contribution in [-0.4, -0.2) is 4.70 Å². The summed E-state index contributed by atoms with van der Waals surface area (Å²) in [4.78, 5) is 0. The van der Waals surface area contributed by atoms with Crippen molar-refractivity contribution < 1.29 is 19.1 Å². The third kappa shape index (κ3) is 21.9. The van der Waals surface area contributed by atoms with E-state index >= 15 is 0 Å². The summed E-state index contributed by atoms with van der Waals surface area (Å²) in [7, 11) is 0. The number of unbranched alkanes of at least 4 members (excludes halogenated alkanes) is 22. The molecule has 0 spiro atoms. The Labute approximate surface area is 342 Å². The van der Waals surface area contributed by atoms with Crippen molar-refractivity contribution in [2.24, 2.45) is 0 Å². The van der Waals surface area contributed by atoms with Gasteiger partial charge in [-0.1, -0.05) is 64.8 Å². The van der Waals surface area contributed by atoms with Crippen molar-refractivity contribution in [2.75, 3.05) is 0 Å². The summed E-state index contributed by atoms with van der Waals surface area (Å²) in [6, 6.07) is 17.1. The van der Waals surface area contributed by atoms with Gasteiger partial charge >= 0.3 is 166 Å². The molecule has 0 amide bonds. The second-order valence-corrected chi connectivity index (χ2v) is 17.5. The second-order valence-electron chi connectivity index (χ2n) is 16.0. The summed E-state index contributed by atoms with van der Waals surface area (Å²) in [6.07, 6.45) is 41.3. The molecule has 3 rings (SSSR count). The molecule has 0 aliphatic carbocycles. The quantitative estimate of drug-likeness (QED) is 0.0401. The molecule has 54 heavy (non-hydrogen) atoms. The molecule has 0 fully saturated rings. The Hall–Kier alpha value is -1.99. The van der Waals surface area contributed by atoms with Gasteiger partial charge < -0.3 is 5.53 Å². The molecule has 0 aromatic heterocycles. The number of rotatable bonds is 32. The van der Waals surface area contributed by atoms with E-state index in [0.717, 1.165) is 40.9 Å². The van der Waals surface area contributed by atoms with E-state index in [1.807, 2.05) is 14.4 Å². The Kier molecular flexibility index (Phi) is 29.6. The fourth-order valence-corrected chi connectivity index (χ4v) is 8.66. The van der Waals surface area contributed by atoms with Crippen molar-refractivity contribution in [2.45, 2.75) is 225 Å². The Balaban J connectivity index is 0.000000373. The summed E-state index contributed by atoms with van der Waals surface area (Å²) in [5.41, 5.74) is 18.6. The number of hydrogen-bond donors (Lipinski definition) is 0. The van der Waals surface area contributed by atoms with Crippen LogP contribution < -0.4 is 0 Å². The van der Waals surface area contributed by atoms with Crippen LogP contribution in [0.2, 0.25) is 10.8 Å². The first-order valence-electron chi connectivity index (χ1n) is 23.1. The van der Waals surface area contributed by atoms with Gasteiger partial charge in [0.15, 0.2) is 0 Å². The van der Waals surface area contributed by atoms with Gasteiger partial charge in [0.05, 0.1) is 0 Å². The van der Waals surface area contributed by atoms with Crippen molar-refractivity contribution in [3.05, 3.63) is 88.0 Å². The van der Waals surface area contributed by atoms with Gasteiger partial charge in [0.1, 0.15) is 0 Å². The first kappa shape index (κ1) is 48.2. The van der Waals surface area contributed by atoms with Gasteiger partial charge in [0.2, 0.25) is 11.4 Å². The molecule has 3 heteroatoms. The summed E-state index contributed by atoms with van der Waals surface area (Å²) in [6.45, 7) is 11.1. The standard InChI is InChI=1S/C25H30N2.2C13H27.Ni/c1-4-6-10-20-12-8-14-22(17-20)24-16-19(3)25(27(24)26)23-15-9-13-21(18-23)11-7-5-2;2*1-3-5-7-9-11-13-12-10-8-6-4-2;/h8-9,12-18H,4-7,10-11H2,1-3H3;2*1,3-13H2,2H3;. The van der Waals surface area contributed by atoms with Crippen molar-refractivity contribution in [3.63, 3.8) is 0 Å². The first-order valence-corrected chi connectivity index (χ1v) is 24.5. The van der Waals surface area contributed by atoms with Crippen LogP contribution in [0.1, 0.15) is 224 Å². The molecule has 1 aliphatic heterocycles. The van der Waals surface area contributed by atoms with E-state index in [4.69, 9.17) is 0 Å². The minimum absolute atomic E-state index is 0.861. The SMILES string of the molecule is CCCCCCCCCCCC[CH2][Ni][CH2]CCCCCCCCCCCC.CCCCc1cccc(C2=CC(C)=C(c3cccc(CCCC)c3)[N+]2=[N-])c1. The molecule has 0 bridgehead atoms. The Morgan fingerprint density at radius 1 is 0.463 bits per heavy atom. The number of hydrogen-bond acceptors (Lipinski definition) is 0. The van der Waals surface area contributed by atoms with E-state index in [-0.39, 0.29) is 0 Å². The average Bonchev–Trinajstić information content (AvgIpc) is 3.49. The summed E-state index contributed by atoms with van der Waals surface area (Å²) in [5, 5.41) is 2.86. The van der Waals surface area contributed by atoms with Crippen molar-refractivity contribution in [1.29, 1.82) is 0 Å². The molecule has 0 atom stereocenters. The van der Waals surface area contributed by atoms with Gasteiger partial charge in [-0.2, -0.15) is 0 Å². The van der Waals surface area contributed by atoms with Gasteiger partial charge in [0, 0.05) is 22.8 Å². The molecule has 0 radical (unpaired) electrons. The van der Waals surface area contributed by atoms with E-state index < -0.39 is 0 Å². The van der Waals surface area contributed by atoms with Crippen LogP contribution in [-0.2, 0) is 27.3 Å². The third-order valence-corrected chi connectivity index (χ3v) is 12.3. The fraction of sp³-hybridized carbons (Fsp3) is 0.686.